The molecule has 0 bridgehead atoms. The number of carbonyl (C=O) groups excluding carboxylic acids is 1. The summed E-state index contributed by atoms with van der Waals surface area (Å²) in [5.74, 6) is 0.941. The number of nitrogens with zero attached hydrogens (tertiary/aromatic N) is 1. The Labute approximate surface area is 291 Å². The minimum Gasteiger partial charge on any atom is -0.456 e. The molecule has 2 heterocycles. The number of para-hydroxylation sites is 1. The molecular weight excluding hydrogens is 615 g/mol. The van der Waals surface area contributed by atoms with Crippen molar-refractivity contribution < 1.29 is 14.3 Å². The fraction of sp³-hybridized carbons (Fsp3) is 0.0652. The number of fused-ring (bicyclic) bond motifs is 6. The number of anilines is 3. The molecule has 0 radical (unpaired) electrons. The van der Waals surface area contributed by atoms with Crippen LogP contribution in [0.5, 0.6) is 11.5 Å². The van der Waals surface area contributed by atoms with Crippen LogP contribution in [0.25, 0.3) is 22.3 Å². The molecule has 7 aromatic rings. The van der Waals surface area contributed by atoms with E-state index in [1.165, 1.54) is 0 Å². The monoisotopic (exact) mass is 647 g/mol. The van der Waals surface area contributed by atoms with E-state index < -0.39 is 5.60 Å². The third-order valence-electron chi connectivity index (χ3n) is 9.81. The molecule has 1 unspecified atom stereocenters. The predicted molar refractivity (Wildman–Crippen MR) is 200 cm³/mol. The topological polar surface area (TPSA) is 38.8 Å². The molecule has 0 aromatic heterocycles. The van der Waals surface area contributed by atoms with E-state index in [4.69, 9.17) is 9.47 Å². The highest BCUT2D eigenvalue weighted by molar-refractivity contribution is 6.00. The maximum absolute atomic E-state index is 13.9. The average molecular weight is 648 g/mol. The minimum absolute atomic E-state index is 0.356. The molecule has 50 heavy (non-hydrogen) atoms. The molecular formula is C46H33NO3. The fourth-order valence-electron chi connectivity index (χ4n) is 7.62. The van der Waals surface area contributed by atoms with Crippen LogP contribution in [0.15, 0.2) is 164 Å². The largest absolute Gasteiger partial charge is 0.456 e. The zero-order chi connectivity index (χ0) is 33.8. The quantitative estimate of drug-likeness (QED) is 0.174. The Hall–Kier alpha value is -6.39. The third kappa shape index (κ3) is 4.56. The van der Waals surface area contributed by atoms with Crippen molar-refractivity contribution in [1.82, 2.24) is 0 Å². The van der Waals surface area contributed by atoms with Gasteiger partial charge >= 0.3 is 5.97 Å². The summed E-state index contributed by atoms with van der Waals surface area (Å²) in [7, 11) is 0. The SMILES string of the molecule is Cc1ccc(N(c2ccc(C)cc2-c2ccccc2)c2cccc3c2C2(OC(=O)c4ccccc42)c2ccccc2O3)c(-c2ccccc2)c1. The van der Waals surface area contributed by atoms with Crippen molar-refractivity contribution in [3.05, 3.63) is 197 Å². The molecule has 0 saturated carbocycles. The smallest absolute Gasteiger partial charge is 0.340 e. The molecule has 2 aliphatic heterocycles. The van der Waals surface area contributed by atoms with Crippen molar-refractivity contribution in [2.24, 2.45) is 0 Å². The highest BCUT2D eigenvalue weighted by atomic mass is 16.6. The lowest BCUT2D eigenvalue weighted by molar-refractivity contribution is 0.0226. The molecule has 9 rings (SSSR count). The predicted octanol–water partition coefficient (Wildman–Crippen LogP) is 11.7. The highest BCUT2D eigenvalue weighted by Gasteiger charge is 2.55. The van der Waals surface area contributed by atoms with Gasteiger partial charge in [0.2, 0.25) is 0 Å². The van der Waals surface area contributed by atoms with Crippen molar-refractivity contribution in [2.75, 3.05) is 4.90 Å². The van der Waals surface area contributed by atoms with Crippen LogP contribution in [0.4, 0.5) is 17.1 Å². The van der Waals surface area contributed by atoms with Crippen molar-refractivity contribution in [1.29, 1.82) is 0 Å². The molecule has 0 amide bonds. The van der Waals surface area contributed by atoms with Crippen LogP contribution < -0.4 is 9.64 Å². The van der Waals surface area contributed by atoms with Gasteiger partial charge in [-0.15, -0.1) is 0 Å². The van der Waals surface area contributed by atoms with E-state index in [1.807, 2.05) is 72.8 Å². The molecule has 1 atom stereocenters. The first kappa shape index (κ1) is 29.7. The molecule has 2 aliphatic rings. The molecule has 4 nitrogen and oxygen atoms in total. The van der Waals surface area contributed by atoms with Gasteiger partial charge in [0, 0.05) is 22.3 Å². The Morgan fingerprint density at radius 1 is 0.480 bits per heavy atom. The second-order valence-electron chi connectivity index (χ2n) is 13.0. The summed E-state index contributed by atoms with van der Waals surface area (Å²) in [6.45, 7) is 4.25. The van der Waals surface area contributed by atoms with Crippen LogP contribution >= 0.6 is 0 Å². The normalized spacial score (nSPS) is 15.4. The first-order valence-electron chi connectivity index (χ1n) is 16.9. The Kier molecular flexibility index (Phi) is 6.92. The van der Waals surface area contributed by atoms with E-state index in [0.29, 0.717) is 17.1 Å². The number of hydrogen-bond acceptors (Lipinski definition) is 4. The van der Waals surface area contributed by atoms with Crippen molar-refractivity contribution in [3.63, 3.8) is 0 Å². The number of rotatable bonds is 5. The van der Waals surface area contributed by atoms with E-state index in [-0.39, 0.29) is 5.97 Å². The zero-order valence-electron chi connectivity index (χ0n) is 27.8. The molecule has 240 valence electrons. The molecule has 0 N–H and O–H groups in total. The molecule has 0 aliphatic carbocycles. The lowest BCUT2D eigenvalue weighted by Crippen LogP contribution is -2.34. The standard InChI is InChI=1S/C46H33NO3/c1-30-24-26-39(35(28-30)32-14-5-3-6-15-32)47(40-27-25-31(2)29-36(40)33-16-7-4-8-17-33)41-21-13-23-43-44(41)46(38-20-11-12-22-42(38)49-43)37-19-10-9-18-34(37)45(48)50-46/h3-29H,1-2H3. The summed E-state index contributed by atoms with van der Waals surface area (Å²) in [6, 6.07) is 55.9. The average Bonchev–Trinajstić information content (AvgIpc) is 3.45. The summed E-state index contributed by atoms with van der Waals surface area (Å²) in [5.41, 5.74) is 11.2. The van der Waals surface area contributed by atoms with Gasteiger partial charge in [-0.25, -0.2) is 4.79 Å². The van der Waals surface area contributed by atoms with Crippen molar-refractivity contribution in [2.45, 2.75) is 19.4 Å². The van der Waals surface area contributed by atoms with Gasteiger partial charge in [0.15, 0.2) is 5.60 Å². The van der Waals surface area contributed by atoms with E-state index in [1.54, 1.807) is 0 Å². The first-order chi connectivity index (χ1) is 24.5. The van der Waals surface area contributed by atoms with Gasteiger partial charge < -0.3 is 14.4 Å². The first-order valence-corrected chi connectivity index (χ1v) is 16.9. The van der Waals surface area contributed by atoms with E-state index >= 15 is 0 Å². The molecule has 0 fully saturated rings. The summed E-state index contributed by atoms with van der Waals surface area (Å²) in [4.78, 5) is 16.2. The van der Waals surface area contributed by atoms with Crippen LogP contribution in [0.1, 0.15) is 38.2 Å². The molecule has 7 aromatic carbocycles. The maximum atomic E-state index is 13.9. The number of ether oxygens (including phenoxy) is 2. The summed E-state index contributed by atoms with van der Waals surface area (Å²) in [5, 5.41) is 0. The van der Waals surface area contributed by atoms with E-state index in [0.717, 1.165) is 67.1 Å². The zero-order valence-corrected chi connectivity index (χ0v) is 27.8. The summed E-state index contributed by atoms with van der Waals surface area (Å²) >= 11 is 0. The highest BCUT2D eigenvalue weighted by Crippen LogP contribution is 2.60. The number of carbonyl (C=O) groups is 1. The second-order valence-corrected chi connectivity index (χ2v) is 13.0. The fourth-order valence-corrected chi connectivity index (χ4v) is 7.62. The van der Waals surface area contributed by atoms with Gasteiger partial charge in [-0.1, -0.05) is 126 Å². The Morgan fingerprint density at radius 2 is 1.02 bits per heavy atom. The number of esters is 1. The van der Waals surface area contributed by atoms with Gasteiger partial charge in [-0.2, -0.15) is 0 Å². The van der Waals surface area contributed by atoms with Crippen molar-refractivity contribution in [3.8, 4) is 33.8 Å². The van der Waals surface area contributed by atoms with Crippen LogP contribution in [-0.4, -0.2) is 5.97 Å². The lowest BCUT2D eigenvalue weighted by Gasteiger charge is -2.40. The Balaban J connectivity index is 1.42. The van der Waals surface area contributed by atoms with Gasteiger partial charge in [0.1, 0.15) is 11.5 Å². The minimum atomic E-state index is -1.25. The lowest BCUT2D eigenvalue weighted by atomic mass is 9.76. The van der Waals surface area contributed by atoms with Crippen LogP contribution in [-0.2, 0) is 10.3 Å². The molecule has 4 heteroatoms. The second kappa shape index (κ2) is 11.6. The van der Waals surface area contributed by atoms with Crippen LogP contribution in [0.3, 0.4) is 0 Å². The van der Waals surface area contributed by atoms with Gasteiger partial charge in [0.25, 0.3) is 0 Å². The van der Waals surface area contributed by atoms with Crippen molar-refractivity contribution >= 4 is 23.0 Å². The number of benzene rings is 7. The number of aryl methyl sites for hydroxylation is 2. The van der Waals surface area contributed by atoms with Gasteiger partial charge in [-0.05, 0) is 73.5 Å². The van der Waals surface area contributed by atoms with Gasteiger partial charge in [0.05, 0.1) is 28.2 Å². The van der Waals surface area contributed by atoms with E-state index in [2.05, 4.69) is 110 Å². The van der Waals surface area contributed by atoms with E-state index in [9.17, 15) is 4.79 Å². The Bertz CT molecular complexity index is 2350. The summed E-state index contributed by atoms with van der Waals surface area (Å²) < 4.78 is 13.4. The molecule has 1 spiro atoms. The molecule has 0 saturated heterocycles. The number of hydrogen-bond donors (Lipinski definition) is 0. The van der Waals surface area contributed by atoms with Crippen LogP contribution in [0.2, 0.25) is 0 Å². The maximum Gasteiger partial charge on any atom is 0.340 e. The Morgan fingerprint density at radius 3 is 1.66 bits per heavy atom. The van der Waals surface area contributed by atoms with Crippen LogP contribution in [0, 0.1) is 13.8 Å². The third-order valence-corrected chi connectivity index (χ3v) is 9.81. The van der Waals surface area contributed by atoms with Gasteiger partial charge in [-0.3, -0.25) is 0 Å². The summed E-state index contributed by atoms with van der Waals surface area (Å²) in [6.07, 6.45) is 0.